The highest BCUT2D eigenvalue weighted by Crippen LogP contribution is 2.28. The van der Waals surface area contributed by atoms with Crippen LogP contribution >= 0.6 is 0 Å². The molecule has 2 heterocycles. The first-order chi connectivity index (χ1) is 13.3. The van der Waals surface area contributed by atoms with Crippen LogP contribution in [0.15, 0.2) is 29.2 Å². The Kier molecular flexibility index (Phi) is 5.20. The third-order valence-electron chi connectivity index (χ3n) is 4.41. The van der Waals surface area contributed by atoms with Crippen molar-refractivity contribution in [2.24, 2.45) is 0 Å². The Morgan fingerprint density at radius 1 is 1.43 bits per heavy atom. The van der Waals surface area contributed by atoms with Gasteiger partial charge in [-0.2, -0.15) is 10.2 Å². The fourth-order valence-electron chi connectivity index (χ4n) is 3.01. The molecule has 1 aromatic heterocycles. The van der Waals surface area contributed by atoms with Crippen molar-refractivity contribution in [2.75, 3.05) is 25.4 Å². The number of pyridine rings is 1. The summed E-state index contributed by atoms with van der Waals surface area (Å²) < 4.78 is 47.3. The zero-order valence-corrected chi connectivity index (χ0v) is 16.0. The van der Waals surface area contributed by atoms with Crippen molar-refractivity contribution in [3.05, 3.63) is 46.8 Å². The molecule has 10 heteroatoms. The maximum absolute atomic E-state index is 14.4. The SMILES string of the molecule is COc1nc(NS(=O)(=O)c2cccc3c2CCN(C)C3=O)c(F)cc1CC#N. The number of hydrogen-bond donors (Lipinski definition) is 1. The molecule has 1 aromatic carbocycles. The van der Waals surface area contributed by atoms with Gasteiger partial charge in [0.15, 0.2) is 11.6 Å². The summed E-state index contributed by atoms with van der Waals surface area (Å²) in [6.45, 7) is 0.377. The number of aromatic nitrogens is 1. The quantitative estimate of drug-likeness (QED) is 0.812. The number of halogens is 1. The summed E-state index contributed by atoms with van der Waals surface area (Å²) in [6, 6.07) is 7.25. The molecular formula is C18H17FN4O4S. The number of benzene rings is 1. The molecular weight excluding hydrogens is 387 g/mol. The maximum atomic E-state index is 14.4. The van der Waals surface area contributed by atoms with Crippen LogP contribution in [0.1, 0.15) is 21.5 Å². The molecule has 28 heavy (non-hydrogen) atoms. The van der Waals surface area contributed by atoms with Crippen LogP contribution < -0.4 is 9.46 Å². The van der Waals surface area contributed by atoms with Crippen molar-refractivity contribution in [3.63, 3.8) is 0 Å². The standard InChI is InChI=1S/C18H17FN4O4S/c1-23-9-7-12-13(18(23)24)4-3-5-15(12)28(25,26)22-16-14(19)10-11(6-8-20)17(21-16)27-2/h3-5,10H,6-7,9H2,1-2H3,(H,21,22). The van der Waals surface area contributed by atoms with Crippen LogP contribution in [0.3, 0.4) is 0 Å². The maximum Gasteiger partial charge on any atom is 0.263 e. The highest BCUT2D eigenvalue weighted by Gasteiger charge is 2.29. The molecule has 1 N–H and O–H groups in total. The molecule has 1 aliphatic rings. The lowest BCUT2D eigenvalue weighted by atomic mass is 9.99. The summed E-state index contributed by atoms with van der Waals surface area (Å²) in [4.78, 5) is 17.5. The van der Waals surface area contributed by atoms with Crippen molar-refractivity contribution in [1.29, 1.82) is 5.26 Å². The van der Waals surface area contributed by atoms with Crippen LogP contribution in [0, 0.1) is 17.1 Å². The molecule has 0 atom stereocenters. The van der Waals surface area contributed by atoms with Crippen molar-refractivity contribution < 1.29 is 22.3 Å². The number of carbonyl (C=O) groups excluding carboxylic acids is 1. The smallest absolute Gasteiger partial charge is 0.263 e. The van der Waals surface area contributed by atoms with Gasteiger partial charge in [-0.25, -0.2) is 12.8 Å². The molecule has 0 unspecified atom stereocenters. The second-order valence-corrected chi connectivity index (χ2v) is 7.84. The largest absolute Gasteiger partial charge is 0.481 e. The summed E-state index contributed by atoms with van der Waals surface area (Å²) >= 11 is 0. The van der Waals surface area contributed by atoms with Crippen LogP contribution in [0.2, 0.25) is 0 Å². The number of anilines is 1. The van der Waals surface area contributed by atoms with Crippen molar-refractivity contribution >= 4 is 21.7 Å². The van der Waals surface area contributed by atoms with E-state index in [1.54, 1.807) is 13.1 Å². The number of carbonyl (C=O) groups is 1. The number of hydrogen-bond acceptors (Lipinski definition) is 6. The van der Waals surface area contributed by atoms with Crippen LogP contribution in [-0.2, 0) is 22.9 Å². The molecule has 1 amide bonds. The average Bonchev–Trinajstić information content (AvgIpc) is 2.66. The lowest BCUT2D eigenvalue weighted by Gasteiger charge is -2.26. The molecule has 0 saturated carbocycles. The summed E-state index contributed by atoms with van der Waals surface area (Å²) in [5.74, 6) is -1.80. The number of fused-ring (bicyclic) bond motifs is 1. The third kappa shape index (κ3) is 3.48. The van der Waals surface area contributed by atoms with Gasteiger partial charge in [0.1, 0.15) is 0 Å². The van der Waals surface area contributed by atoms with E-state index in [2.05, 4.69) is 9.71 Å². The van der Waals surface area contributed by atoms with E-state index in [1.165, 1.54) is 24.1 Å². The van der Waals surface area contributed by atoms with E-state index in [1.807, 2.05) is 6.07 Å². The van der Waals surface area contributed by atoms with Gasteiger partial charge in [-0.15, -0.1) is 0 Å². The van der Waals surface area contributed by atoms with Crippen molar-refractivity contribution in [1.82, 2.24) is 9.88 Å². The second-order valence-electron chi connectivity index (χ2n) is 6.19. The molecule has 0 saturated heterocycles. The summed E-state index contributed by atoms with van der Waals surface area (Å²) in [5.41, 5.74) is 0.884. The van der Waals surface area contributed by atoms with Gasteiger partial charge in [-0.05, 0) is 30.2 Å². The van der Waals surface area contributed by atoms with Crippen LogP contribution in [0.25, 0.3) is 0 Å². The monoisotopic (exact) mass is 404 g/mol. The molecule has 0 fully saturated rings. The lowest BCUT2D eigenvalue weighted by molar-refractivity contribution is 0.0780. The summed E-state index contributed by atoms with van der Waals surface area (Å²) in [5, 5.41) is 8.79. The molecule has 0 radical (unpaired) electrons. The highest BCUT2D eigenvalue weighted by atomic mass is 32.2. The van der Waals surface area contributed by atoms with E-state index in [0.717, 1.165) is 6.07 Å². The van der Waals surface area contributed by atoms with Gasteiger partial charge < -0.3 is 9.64 Å². The van der Waals surface area contributed by atoms with Crippen LogP contribution in [-0.4, -0.2) is 44.9 Å². The zero-order valence-electron chi connectivity index (χ0n) is 15.2. The summed E-state index contributed by atoms with van der Waals surface area (Å²) in [6.07, 6.45) is 0.219. The molecule has 2 aromatic rings. The first kappa shape index (κ1) is 19.6. The fourth-order valence-corrected chi connectivity index (χ4v) is 4.32. The fraction of sp³-hybridized carbons (Fsp3) is 0.278. The van der Waals surface area contributed by atoms with Crippen LogP contribution in [0.5, 0.6) is 5.88 Å². The predicted octanol–water partition coefficient (Wildman–Crippen LogP) is 1.72. The van der Waals surface area contributed by atoms with Crippen LogP contribution in [0.4, 0.5) is 10.2 Å². The summed E-state index contributed by atoms with van der Waals surface area (Å²) in [7, 11) is -1.29. The Morgan fingerprint density at radius 2 is 2.18 bits per heavy atom. The van der Waals surface area contributed by atoms with Gasteiger partial charge in [-0.1, -0.05) is 6.07 Å². The Bertz CT molecular complexity index is 1100. The van der Waals surface area contributed by atoms with E-state index in [4.69, 9.17) is 10.00 Å². The first-order valence-electron chi connectivity index (χ1n) is 8.29. The molecule has 1 aliphatic heterocycles. The number of nitriles is 1. The normalized spacial score (nSPS) is 13.6. The van der Waals surface area contributed by atoms with E-state index in [0.29, 0.717) is 24.1 Å². The number of nitrogens with one attached hydrogen (secondary N) is 1. The Labute approximate surface area is 161 Å². The van der Waals surface area contributed by atoms with Gasteiger partial charge in [0.2, 0.25) is 5.88 Å². The topological polar surface area (TPSA) is 112 Å². The minimum atomic E-state index is -4.21. The molecule has 0 bridgehead atoms. The molecule has 8 nitrogen and oxygen atoms in total. The number of amides is 1. The molecule has 0 spiro atoms. The lowest BCUT2D eigenvalue weighted by Crippen LogP contribution is -2.35. The Balaban J connectivity index is 2.03. The number of sulfonamides is 1. The van der Waals surface area contributed by atoms with Gasteiger partial charge >= 0.3 is 0 Å². The third-order valence-corrected chi connectivity index (χ3v) is 5.83. The van der Waals surface area contributed by atoms with Crippen molar-refractivity contribution in [2.45, 2.75) is 17.7 Å². The van der Waals surface area contributed by atoms with E-state index in [-0.39, 0.29) is 28.7 Å². The number of ether oxygens (including phenoxy) is 1. The highest BCUT2D eigenvalue weighted by molar-refractivity contribution is 7.92. The minimum absolute atomic E-state index is 0.0486. The molecule has 3 rings (SSSR count). The number of nitrogens with zero attached hydrogens (tertiary/aromatic N) is 3. The predicted molar refractivity (Wildman–Crippen MR) is 98.0 cm³/mol. The van der Waals surface area contributed by atoms with Gasteiger partial charge in [0.25, 0.3) is 15.9 Å². The van der Waals surface area contributed by atoms with E-state index in [9.17, 15) is 17.6 Å². The number of likely N-dealkylation sites (N-methyl/N-ethyl adjacent to an activating group) is 1. The molecule has 146 valence electrons. The molecule has 0 aliphatic carbocycles. The number of rotatable bonds is 5. The average molecular weight is 404 g/mol. The van der Waals surface area contributed by atoms with Gasteiger partial charge in [0, 0.05) is 24.7 Å². The number of methoxy groups -OCH3 is 1. The first-order valence-corrected chi connectivity index (χ1v) is 9.77. The van der Waals surface area contributed by atoms with Gasteiger partial charge in [0.05, 0.1) is 24.5 Å². The Morgan fingerprint density at radius 3 is 2.86 bits per heavy atom. The van der Waals surface area contributed by atoms with Gasteiger partial charge in [-0.3, -0.25) is 9.52 Å². The minimum Gasteiger partial charge on any atom is -0.481 e. The Hall–Kier alpha value is -3.19. The second kappa shape index (κ2) is 7.44. The van der Waals surface area contributed by atoms with E-state index < -0.39 is 21.7 Å². The van der Waals surface area contributed by atoms with E-state index >= 15 is 0 Å². The van der Waals surface area contributed by atoms with Crippen molar-refractivity contribution in [3.8, 4) is 11.9 Å². The zero-order chi connectivity index (χ0) is 20.5.